The fourth-order valence-electron chi connectivity index (χ4n) is 3.72. The van der Waals surface area contributed by atoms with Crippen molar-refractivity contribution >= 4 is 32.6 Å². The number of nitrogens with zero attached hydrogens (tertiary/aromatic N) is 1. The minimum absolute atomic E-state index is 0.153. The van der Waals surface area contributed by atoms with Gasteiger partial charge in [-0.1, -0.05) is 12.5 Å². The van der Waals surface area contributed by atoms with Crippen molar-refractivity contribution in [2.75, 3.05) is 25.5 Å². The second kappa shape index (κ2) is 8.12. The molecule has 3 aromatic rings. The SMILES string of the molecule is COc1cccc(NC(=O)c2oc3ccc(S(=O)(=O)N4CCCCC4)cc3c2C)c1. The molecule has 1 aromatic heterocycles. The van der Waals surface area contributed by atoms with Gasteiger partial charge in [-0.3, -0.25) is 4.79 Å². The number of ether oxygens (including phenoxy) is 1. The Hall–Kier alpha value is -2.84. The topological polar surface area (TPSA) is 88.8 Å². The highest BCUT2D eigenvalue weighted by Crippen LogP contribution is 2.30. The molecule has 8 heteroatoms. The summed E-state index contributed by atoms with van der Waals surface area (Å²) in [5.74, 6) is 0.374. The first kappa shape index (κ1) is 20.4. The normalized spacial score (nSPS) is 15.3. The highest BCUT2D eigenvalue weighted by Gasteiger charge is 2.27. The molecule has 1 N–H and O–H groups in total. The summed E-state index contributed by atoms with van der Waals surface area (Å²) in [6.45, 7) is 2.83. The first-order valence-corrected chi connectivity index (χ1v) is 11.3. The molecule has 1 aliphatic rings. The summed E-state index contributed by atoms with van der Waals surface area (Å²) in [7, 11) is -2.00. The molecule has 0 radical (unpaired) electrons. The lowest BCUT2D eigenvalue weighted by Crippen LogP contribution is -2.35. The van der Waals surface area contributed by atoms with E-state index in [2.05, 4.69) is 5.32 Å². The minimum Gasteiger partial charge on any atom is -0.497 e. The highest BCUT2D eigenvalue weighted by molar-refractivity contribution is 7.89. The molecular formula is C22H24N2O5S. The van der Waals surface area contributed by atoms with Crippen LogP contribution < -0.4 is 10.1 Å². The van der Waals surface area contributed by atoms with E-state index in [-0.39, 0.29) is 10.7 Å². The van der Waals surface area contributed by atoms with Crippen LogP contribution in [0.1, 0.15) is 35.4 Å². The number of rotatable bonds is 5. The van der Waals surface area contributed by atoms with Crippen molar-refractivity contribution in [2.45, 2.75) is 31.1 Å². The number of hydrogen-bond acceptors (Lipinski definition) is 5. The monoisotopic (exact) mass is 428 g/mol. The maximum Gasteiger partial charge on any atom is 0.291 e. The first-order chi connectivity index (χ1) is 14.4. The second-order valence-corrected chi connectivity index (χ2v) is 9.30. The van der Waals surface area contributed by atoms with Crippen LogP contribution in [0.25, 0.3) is 11.0 Å². The van der Waals surface area contributed by atoms with Gasteiger partial charge in [-0.2, -0.15) is 4.31 Å². The molecular weight excluding hydrogens is 404 g/mol. The zero-order chi connectivity index (χ0) is 21.3. The van der Waals surface area contributed by atoms with Crippen molar-refractivity contribution in [1.29, 1.82) is 0 Å². The number of methoxy groups -OCH3 is 1. The minimum atomic E-state index is -3.56. The molecule has 0 bridgehead atoms. The standard InChI is InChI=1S/C22H24N2O5S/c1-15-19-14-18(30(26,27)24-11-4-3-5-12-24)9-10-20(19)29-21(15)22(25)23-16-7-6-8-17(13-16)28-2/h6-10,13-14H,3-5,11-12H2,1-2H3,(H,23,25). The molecule has 0 saturated carbocycles. The second-order valence-electron chi connectivity index (χ2n) is 7.36. The molecule has 1 aliphatic heterocycles. The summed E-state index contributed by atoms with van der Waals surface area (Å²) in [5, 5.41) is 3.41. The van der Waals surface area contributed by atoms with E-state index in [4.69, 9.17) is 9.15 Å². The molecule has 2 heterocycles. The summed E-state index contributed by atoms with van der Waals surface area (Å²) < 4.78 is 38.4. The van der Waals surface area contributed by atoms with Crippen molar-refractivity contribution in [1.82, 2.24) is 4.31 Å². The Balaban J connectivity index is 1.64. The maximum absolute atomic E-state index is 13.0. The van der Waals surface area contributed by atoms with Gasteiger partial charge >= 0.3 is 0 Å². The molecule has 0 atom stereocenters. The molecule has 0 aliphatic carbocycles. The maximum atomic E-state index is 13.0. The van der Waals surface area contributed by atoms with Crippen LogP contribution in [-0.2, 0) is 10.0 Å². The van der Waals surface area contributed by atoms with Crippen LogP contribution in [0.5, 0.6) is 5.75 Å². The van der Waals surface area contributed by atoms with E-state index in [1.807, 2.05) is 0 Å². The van der Waals surface area contributed by atoms with Gasteiger partial charge in [-0.05, 0) is 50.1 Å². The number of benzene rings is 2. The molecule has 4 rings (SSSR count). The van der Waals surface area contributed by atoms with Crippen LogP contribution in [-0.4, -0.2) is 38.8 Å². The third-order valence-electron chi connectivity index (χ3n) is 5.39. The van der Waals surface area contributed by atoms with E-state index in [9.17, 15) is 13.2 Å². The summed E-state index contributed by atoms with van der Waals surface area (Å²) in [5.41, 5.74) is 1.65. The fraction of sp³-hybridized carbons (Fsp3) is 0.318. The molecule has 158 valence electrons. The quantitative estimate of drug-likeness (QED) is 0.659. The number of fused-ring (bicyclic) bond motifs is 1. The van der Waals surface area contributed by atoms with Gasteiger partial charge in [0.1, 0.15) is 11.3 Å². The van der Waals surface area contributed by atoms with Crippen molar-refractivity contribution in [3.05, 3.63) is 53.8 Å². The molecule has 30 heavy (non-hydrogen) atoms. The number of anilines is 1. The lowest BCUT2D eigenvalue weighted by molar-refractivity contribution is 0.0998. The summed E-state index contributed by atoms with van der Waals surface area (Å²) >= 11 is 0. The Bertz CT molecular complexity index is 1190. The molecule has 0 unspecified atom stereocenters. The lowest BCUT2D eigenvalue weighted by Gasteiger charge is -2.25. The number of piperidine rings is 1. The summed E-state index contributed by atoms with van der Waals surface area (Å²) in [4.78, 5) is 13.0. The van der Waals surface area contributed by atoms with Crippen molar-refractivity contribution in [2.24, 2.45) is 0 Å². The predicted molar refractivity (Wildman–Crippen MR) is 115 cm³/mol. The third kappa shape index (κ3) is 3.80. The van der Waals surface area contributed by atoms with Crippen LogP contribution in [0.2, 0.25) is 0 Å². The van der Waals surface area contributed by atoms with E-state index in [1.54, 1.807) is 56.5 Å². The number of hydrogen-bond donors (Lipinski definition) is 1. The Morgan fingerprint density at radius 1 is 1.10 bits per heavy atom. The van der Waals surface area contributed by atoms with E-state index >= 15 is 0 Å². The van der Waals surface area contributed by atoms with E-state index in [0.717, 1.165) is 19.3 Å². The Labute approximate surface area is 175 Å². The summed E-state index contributed by atoms with van der Waals surface area (Å²) in [6.07, 6.45) is 2.80. The van der Waals surface area contributed by atoms with Gasteiger partial charge in [0.05, 0.1) is 12.0 Å². The number of aryl methyl sites for hydroxylation is 1. The van der Waals surface area contributed by atoms with Gasteiger partial charge in [-0.15, -0.1) is 0 Å². The molecule has 1 amide bonds. The number of carbonyl (C=O) groups is 1. The van der Waals surface area contributed by atoms with Gasteiger partial charge < -0.3 is 14.5 Å². The van der Waals surface area contributed by atoms with Crippen molar-refractivity contribution < 1.29 is 22.4 Å². The van der Waals surface area contributed by atoms with E-state index in [1.165, 1.54) is 4.31 Å². The third-order valence-corrected chi connectivity index (χ3v) is 7.29. The van der Waals surface area contributed by atoms with Gasteiger partial charge in [0.15, 0.2) is 5.76 Å². The molecule has 1 saturated heterocycles. The Morgan fingerprint density at radius 2 is 1.87 bits per heavy atom. The van der Waals surface area contributed by atoms with Gasteiger partial charge in [-0.25, -0.2) is 8.42 Å². The first-order valence-electron chi connectivity index (χ1n) is 9.89. The number of nitrogens with one attached hydrogen (secondary N) is 1. The molecule has 1 fully saturated rings. The fourth-order valence-corrected chi connectivity index (χ4v) is 5.26. The van der Waals surface area contributed by atoms with Gasteiger partial charge in [0, 0.05) is 35.8 Å². The zero-order valence-electron chi connectivity index (χ0n) is 17.0. The molecule has 2 aromatic carbocycles. The Morgan fingerprint density at radius 3 is 2.60 bits per heavy atom. The van der Waals surface area contributed by atoms with Gasteiger partial charge in [0.2, 0.25) is 10.0 Å². The number of furan rings is 1. The molecule has 0 spiro atoms. The number of carbonyl (C=O) groups excluding carboxylic acids is 1. The predicted octanol–water partition coefficient (Wildman–Crippen LogP) is 4.18. The van der Waals surface area contributed by atoms with Crippen molar-refractivity contribution in [3.8, 4) is 5.75 Å². The lowest BCUT2D eigenvalue weighted by atomic mass is 10.1. The zero-order valence-corrected chi connectivity index (χ0v) is 17.8. The number of amides is 1. The highest BCUT2D eigenvalue weighted by atomic mass is 32.2. The average molecular weight is 429 g/mol. The summed E-state index contributed by atoms with van der Waals surface area (Å²) in [6, 6.07) is 11.8. The largest absolute Gasteiger partial charge is 0.497 e. The Kier molecular flexibility index (Phi) is 5.53. The van der Waals surface area contributed by atoms with E-state index < -0.39 is 15.9 Å². The smallest absolute Gasteiger partial charge is 0.291 e. The van der Waals surface area contributed by atoms with Crippen LogP contribution >= 0.6 is 0 Å². The van der Waals surface area contributed by atoms with Crippen LogP contribution in [0, 0.1) is 6.92 Å². The number of sulfonamides is 1. The molecule has 7 nitrogen and oxygen atoms in total. The van der Waals surface area contributed by atoms with Crippen molar-refractivity contribution in [3.63, 3.8) is 0 Å². The van der Waals surface area contributed by atoms with Crippen LogP contribution in [0.3, 0.4) is 0 Å². The average Bonchev–Trinajstić information content (AvgIpc) is 3.10. The van der Waals surface area contributed by atoms with E-state index in [0.29, 0.717) is 41.1 Å². The van der Waals surface area contributed by atoms with Crippen LogP contribution in [0.15, 0.2) is 51.8 Å². The van der Waals surface area contributed by atoms with Crippen LogP contribution in [0.4, 0.5) is 5.69 Å². The van der Waals surface area contributed by atoms with Gasteiger partial charge in [0.25, 0.3) is 5.91 Å².